The maximum atomic E-state index is 12.7. The molecule has 0 atom stereocenters. The topological polar surface area (TPSA) is 32.8 Å². The quantitative estimate of drug-likeness (QED) is 0.693. The molecule has 132 valence electrons. The van der Waals surface area contributed by atoms with Crippen LogP contribution in [0.3, 0.4) is 0 Å². The molecule has 0 saturated carbocycles. The molecule has 0 radical (unpaired) electrons. The molecule has 4 heteroatoms. The molecule has 0 aliphatic heterocycles. The number of benzene rings is 2. The average Bonchev–Trinajstić information content (AvgIpc) is 2.64. The van der Waals surface area contributed by atoms with E-state index < -0.39 is 0 Å². The second kappa shape index (κ2) is 9.64. The van der Waals surface area contributed by atoms with Gasteiger partial charge in [0.2, 0.25) is 5.91 Å². The third kappa shape index (κ3) is 6.43. The number of hydrogen-bond acceptors (Lipinski definition) is 3. The van der Waals surface area contributed by atoms with Crippen LogP contribution in [0.2, 0.25) is 0 Å². The van der Waals surface area contributed by atoms with E-state index in [9.17, 15) is 4.79 Å². The van der Waals surface area contributed by atoms with Gasteiger partial charge in [0.25, 0.3) is 0 Å². The summed E-state index contributed by atoms with van der Waals surface area (Å²) >= 11 is 0. The lowest BCUT2D eigenvalue weighted by Crippen LogP contribution is -2.35. The van der Waals surface area contributed by atoms with E-state index in [0.29, 0.717) is 13.1 Å². The van der Waals surface area contributed by atoms with Crippen molar-refractivity contribution in [2.45, 2.75) is 6.54 Å². The maximum absolute atomic E-state index is 12.7. The minimum Gasteiger partial charge on any atom is -0.497 e. The van der Waals surface area contributed by atoms with Crippen molar-refractivity contribution in [3.63, 3.8) is 0 Å². The molecule has 0 aromatic heterocycles. The monoisotopic (exact) mass is 338 g/mol. The fraction of sp³-hybridized carbons (Fsp3) is 0.286. The van der Waals surface area contributed by atoms with Crippen LogP contribution in [0.15, 0.2) is 60.7 Å². The van der Waals surface area contributed by atoms with E-state index in [4.69, 9.17) is 4.74 Å². The minimum atomic E-state index is 0.00789. The standard InChI is InChI=1S/C21H26N2O2/c1-22(2)14-15-23(17-19-8-5-4-6-9-19)21(24)13-12-18-10-7-11-20(16-18)25-3/h4-13,16H,14-15,17H2,1-3H3/b13-12+. The second-order valence-corrected chi connectivity index (χ2v) is 6.16. The summed E-state index contributed by atoms with van der Waals surface area (Å²) in [4.78, 5) is 16.6. The van der Waals surface area contributed by atoms with Gasteiger partial charge in [-0.1, -0.05) is 42.5 Å². The van der Waals surface area contributed by atoms with E-state index in [-0.39, 0.29) is 5.91 Å². The highest BCUT2D eigenvalue weighted by Gasteiger charge is 2.11. The Labute approximate surface area is 150 Å². The molecule has 2 aromatic rings. The number of ether oxygens (including phenoxy) is 1. The van der Waals surface area contributed by atoms with Crippen LogP contribution in [0.5, 0.6) is 5.75 Å². The predicted octanol–water partition coefficient (Wildman–Crippen LogP) is 3.30. The Morgan fingerprint density at radius 3 is 2.48 bits per heavy atom. The molecule has 0 aliphatic carbocycles. The number of amides is 1. The molecule has 0 bridgehead atoms. The first-order chi connectivity index (χ1) is 12.1. The maximum Gasteiger partial charge on any atom is 0.246 e. The molecule has 0 aliphatic rings. The van der Waals surface area contributed by atoms with Crippen LogP contribution < -0.4 is 4.74 Å². The molecular weight excluding hydrogens is 312 g/mol. The second-order valence-electron chi connectivity index (χ2n) is 6.16. The van der Waals surface area contributed by atoms with E-state index in [1.807, 2.05) is 79.7 Å². The molecule has 0 spiro atoms. The average molecular weight is 338 g/mol. The Bertz CT molecular complexity index is 696. The Morgan fingerprint density at radius 2 is 1.80 bits per heavy atom. The van der Waals surface area contributed by atoms with Gasteiger partial charge in [-0.3, -0.25) is 4.79 Å². The zero-order chi connectivity index (χ0) is 18.1. The van der Waals surface area contributed by atoms with Crippen molar-refractivity contribution in [1.29, 1.82) is 0 Å². The summed E-state index contributed by atoms with van der Waals surface area (Å²) < 4.78 is 5.22. The zero-order valence-electron chi connectivity index (χ0n) is 15.2. The van der Waals surface area contributed by atoms with Crippen LogP contribution in [0.4, 0.5) is 0 Å². The molecule has 25 heavy (non-hydrogen) atoms. The number of methoxy groups -OCH3 is 1. The van der Waals surface area contributed by atoms with Crippen LogP contribution in [0, 0.1) is 0 Å². The highest BCUT2D eigenvalue weighted by atomic mass is 16.5. The van der Waals surface area contributed by atoms with Crippen molar-refractivity contribution in [1.82, 2.24) is 9.80 Å². The van der Waals surface area contributed by atoms with Gasteiger partial charge >= 0.3 is 0 Å². The smallest absolute Gasteiger partial charge is 0.246 e. The van der Waals surface area contributed by atoms with E-state index in [1.54, 1.807) is 13.2 Å². The first-order valence-corrected chi connectivity index (χ1v) is 8.38. The van der Waals surface area contributed by atoms with E-state index in [1.165, 1.54) is 0 Å². The number of likely N-dealkylation sites (N-methyl/N-ethyl adjacent to an activating group) is 1. The van der Waals surface area contributed by atoms with E-state index in [2.05, 4.69) is 4.90 Å². The molecule has 2 aromatic carbocycles. The summed E-state index contributed by atoms with van der Waals surface area (Å²) in [5, 5.41) is 0. The van der Waals surface area contributed by atoms with Crippen molar-refractivity contribution >= 4 is 12.0 Å². The third-order valence-corrected chi connectivity index (χ3v) is 3.86. The summed E-state index contributed by atoms with van der Waals surface area (Å²) in [6, 6.07) is 17.7. The van der Waals surface area contributed by atoms with Gasteiger partial charge in [0.05, 0.1) is 7.11 Å². The lowest BCUT2D eigenvalue weighted by molar-refractivity contribution is -0.126. The summed E-state index contributed by atoms with van der Waals surface area (Å²) in [7, 11) is 5.66. The highest BCUT2D eigenvalue weighted by Crippen LogP contribution is 2.14. The number of rotatable bonds is 8. The van der Waals surface area contributed by atoms with Gasteiger partial charge in [-0.25, -0.2) is 0 Å². The summed E-state index contributed by atoms with van der Waals surface area (Å²) in [6.45, 7) is 2.12. The molecule has 2 rings (SSSR count). The number of carbonyl (C=O) groups excluding carboxylic acids is 1. The van der Waals surface area contributed by atoms with Crippen LogP contribution in [0.25, 0.3) is 6.08 Å². The van der Waals surface area contributed by atoms with Gasteiger partial charge in [-0.15, -0.1) is 0 Å². The Kier molecular flexibility index (Phi) is 7.23. The zero-order valence-corrected chi connectivity index (χ0v) is 15.2. The van der Waals surface area contributed by atoms with Gasteiger partial charge < -0.3 is 14.5 Å². The number of nitrogens with zero attached hydrogens (tertiary/aromatic N) is 2. The van der Waals surface area contributed by atoms with Gasteiger partial charge in [-0.05, 0) is 43.4 Å². The van der Waals surface area contributed by atoms with Gasteiger partial charge in [0.1, 0.15) is 5.75 Å². The molecule has 4 nitrogen and oxygen atoms in total. The lowest BCUT2D eigenvalue weighted by Gasteiger charge is -2.23. The van der Waals surface area contributed by atoms with Crippen molar-refractivity contribution < 1.29 is 9.53 Å². The minimum absolute atomic E-state index is 0.00789. The SMILES string of the molecule is COc1cccc(/C=C/C(=O)N(CCN(C)C)Cc2ccccc2)c1. The molecule has 0 heterocycles. The normalized spacial score (nSPS) is 11.0. The highest BCUT2D eigenvalue weighted by molar-refractivity contribution is 5.91. The first kappa shape index (κ1) is 18.7. The molecule has 0 N–H and O–H groups in total. The van der Waals surface area contributed by atoms with Crippen molar-refractivity contribution in [2.75, 3.05) is 34.3 Å². The lowest BCUT2D eigenvalue weighted by atomic mass is 10.2. The van der Waals surface area contributed by atoms with Crippen molar-refractivity contribution in [2.24, 2.45) is 0 Å². The van der Waals surface area contributed by atoms with E-state index >= 15 is 0 Å². The molecular formula is C21H26N2O2. The number of carbonyl (C=O) groups is 1. The fourth-order valence-electron chi connectivity index (χ4n) is 2.41. The number of hydrogen-bond donors (Lipinski definition) is 0. The molecule has 0 saturated heterocycles. The predicted molar refractivity (Wildman–Crippen MR) is 102 cm³/mol. The van der Waals surface area contributed by atoms with Gasteiger partial charge in [-0.2, -0.15) is 0 Å². The molecule has 0 unspecified atom stereocenters. The largest absolute Gasteiger partial charge is 0.497 e. The van der Waals surface area contributed by atoms with Gasteiger partial charge in [0, 0.05) is 25.7 Å². The third-order valence-electron chi connectivity index (χ3n) is 3.86. The molecule has 1 amide bonds. The summed E-state index contributed by atoms with van der Waals surface area (Å²) in [6.07, 6.45) is 3.46. The van der Waals surface area contributed by atoms with Crippen molar-refractivity contribution in [3.05, 3.63) is 71.8 Å². The first-order valence-electron chi connectivity index (χ1n) is 8.38. The Morgan fingerprint density at radius 1 is 1.04 bits per heavy atom. The molecule has 0 fully saturated rings. The fourth-order valence-corrected chi connectivity index (χ4v) is 2.41. The van der Waals surface area contributed by atoms with Crippen LogP contribution >= 0.6 is 0 Å². The van der Waals surface area contributed by atoms with E-state index in [0.717, 1.165) is 23.4 Å². The summed E-state index contributed by atoms with van der Waals surface area (Å²) in [5.41, 5.74) is 2.07. The van der Waals surface area contributed by atoms with Crippen LogP contribution in [0.1, 0.15) is 11.1 Å². The summed E-state index contributed by atoms with van der Waals surface area (Å²) in [5.74, 6) is 0.789. The Balaban J connectivity index is 2.08. The van der Waals surface area contributed by atoms with Crippen LogP contribution in [-0.2, 0) is 11.3 Å². The van der Waals surface area contributed by atoms with Crippen LogP contribution in [-0.4, -0.2) is 50.0 Å². The van der Waals surface area contributed by atoms with Gasteiger partial charge in [0.15, 0.2) is 0 Å². The van der Waals surface area contributed by atoms with Crippen molar-refractivity contribution in [3.8, 4) is 5.75 Å². The Hall–Kier alpha value is -2.59.